The quantitative estimate of drug-likeness (QED) is 0.264. The second kappa shape index (κ2) is 12.0. The smallest absolute Gasteiger partial charge is 0.184 e. The molecule has 0 spiro atoms. The van der Waals surface area contributed by atoms with Crippen molar-refractivity contribution in [1.82, 2.24) is 29.6 Å². The molecule has 202 valence electrons. The Bertz CT molecular complexity index is 1440. The number of ketones is 1. The van der Waals surface area contributed by atoms with Gasteiger partial charge in [-0.05, 0) is 55.8 Å². The summed E-state index contributed by atoms with van der Waals surface area (Å²) in [4.78, 5) is 28.7. The third kappa shape index (κ3) is 6.23. The maximum Gasteiger partial charge on any atom is 0.184 e. The number of rotatable bonds is 10. The highest BCUT2D eigenvalue weighted by Crippen LogP contribution is 2.37. The molecule has 5 rings (SSSR count). The van der Waals surface area contributed by atoms with E-state index in [1.807, 2.05) is 44.4 Å². The SMILES string of the molecule is CCC(=O)c1cnc(Nc2cc(CN3CCCCC3)ccn2)cc1Nc1cccc(-c2ncn(C)n2)c1OC. The van der Waals surface area contributed by atoms with Crippen molar-refractivity contribution in [3.05, 3.63) is 66.2 Å². The molecule has 1 aliphatic rings. The Labute approximate surface area is 228 Å². The van der Waals surface area contributed by atoms with Crippen molar-refractivity contribution in [1.29, 1.82) is 0 Å². The van der Waals surface area contributed by atoms with E-state index >= 15 is 0 Å². The normalized spacial score (nSPS) is 13.7. The number of hydrogen-bond donors (Lipinski definition) is 2. The molecule has 1 fully saturated rings. The highest BCUT2D eigenvalue weighted by molar-refractivity contribution is 6.02. The lowest BCUT2D eigenvalue weighted by Crippen LogP contribution is -2.29. The van der Waals surface area contributed by atoms with Crippen molar-refractivity contribution in [3.8, 4) is 17.1 Å². The van der Waals surface area contributed by atoms with E-state index in [4.69, 9.17) is 4.74 Å². The van der Waals surface area contributed by atoms with Crippen molar-refractivity contribution in [2.24, 2.45) is 7.05 Å². The minimum absolute atomic E-state index is 0.0141. The van der Waals surface area contributed by atoms with E-state index in [2.05, 4.69) is 47.7 Å². The van der Waals surface area contributed by atoms with Gasteiger partial charge in [0.2, 0.25) is 0 Å². The molecular formula is C29H34N8O2. The Hall–Kier alpha value is -4.31. The molecule has 0 radical (unpaired) electrons. The summed E-state index contributed by atoms with van der Waals surface area (Å²) < 4.78 is 7.40. The molecule has 1 saturated heterocycles. The summed E-state index contributed by atoms with van der Waals surface area (Å²) in [5.74, 6) is 2.40. The van der Waals surface area contributed by atoms with Gasteiger partial charge in [-0.2, -0.15) is 5.10 Å². The van der Waals surface area contributed by atoms with Gasteiger partial charge in [-0.15, -0.1) is 0 Å². The molecule has 39 heavy (non-hydrogen) atoms. The first-order chi connectivity index (χ1) is 19.0. The van der Waals surface area contributed by atoms with Gasteiger partial charge in [-0.25, -0.2) is 15.0 Å². The number of piperidine rings is 1. The standard InChI is InChI=1S/C29H34N8O2/c1-4-25(38)22-17-31-27(34-26-15-20(11-12-30-26)18-37-13-6-5-7-14-37)16-24(22)33-23-10-8-9-21(28(23)39-3)29-32-19-36(2)35-29/h8-12,15-17,19H,4-7,13-14,18H2,1-3H3,(H2,30,31,33,34). The fourth-order valence-electron chi connectivity index (χ4n) is 4.83. The molecule has 0 aliphatic carbocycles. The first-order valence-electron chi connectivity index (χ1n) is 13.3. The molecule has 10 nitrogen and oxygen atoms in total. The molecule has 0 unspecified atom stereocenters. The van der Waals surface area contributed by atoms with Crippen LogP contribution in [0, 0.1) is 0 Å². The molecule has 3 aromatic heterocycles. The van der Waals surface area contributed by atoms with Crippen LogP contribution in [0.15, 0.2) is 55.1 Å². The summed E-state index contributed by atoms with van der Waals surface area (Å²) in [5, 5.41) is 11.1. The number of carbonyl (C=O) groups excluding carboxylic acids is 1. The number of Topliss-reactive ketones (excluding diaryl/α,β-unsaturated/α-hetero) is 1. The molecule has 4 heterocycles. The second-order valence-electron chi connectivity index (χ2n) is 9.66. The first kappa shape index (κ1) is 26.3. The van der Waals surface area contributed by atoms with E-state index in [-0.39, 0.29) is 5.78 Å². The van der Waals surface area contributed by atoms with Crippen molar-refractivity contribution in [3.63, 3.8) is 0 Å². The molecule has 0 amide bonds. The predicted molar refractivity (Wildman–Crippen MR) is 152 cm³/mol. The minimum Gasteiger partial charge on any atom is -0.494 e. The van der Waals surface area contributed by atoms with Crippen LogP contribution in [0.4, 0.5) is 23.0 Å². The number of benzene rings is 1. The summed E-state index contributed by atoms with van der Waals surface area (Å²) in [6.07, 6.45) is 9.24. The second-order valence-corrected chi connectivity index (χ2v) is 9.66. The third-order valence-electron chi connectivity index (χ3n) is 6.79. The van der Waals surface area contributed by atoms with Crippen LogP contribution in [0.3, 0.4) is 0 Å². The van der Waals surface area contributed by atoms with Gasteiger partial charge in [0, 0.05) is 38.5 Å². The average molecular weight is 527 g/mol. The highest BCUT2D eigenvalue weighted by Gasteiger charge is 2.18. The van der Waals surface area contributed by atoms with Crippen LogP contribution in [0.2, 0.25) is 0 Å². The molecule has 1 aliphatic heterocycles. The number of hydrogen-bond acceptors (Lipinski definition) is 9. The minimum atomic E-state index is -0.0141. The molecule has 1 aromatic carbocycles. The number of anilines is 4. The van der Waals surface area contributed by atoms with Crippen LogP contribution in [-0.4, -0.2) is 55.6 Å². The summed E-state index contributed by atoms with van der Waals surface area (Å²) >= 11 is 0. The number of likely N-dealkylation sites (tertiary alicyclic amines) is 1. The van der Waals surface area contributed by atoms with Gasteiger partial charge in [0.1, 0.15) is 18.0 Å². The number of aryl methyl sites for hydroxylation is 1. The van der Waals surface area contributed by atoms with Crippen LogP contribution in [0.25, 0.3) is 11.4 Å². The van der Waals surface area contributed by atoms with Gasteiger partial charge < -0.3 is 15.4 Å². The Balaban J connectivity index is 1.42. The van der Waals surface area contributed by atoms with E-state index in [0.29, 0.717) is 46.6 Å². The van der Waals surface area contributed by atoms with Gasteiger partial charge in [0.05, 0.1) is 29.6 Å². The van der Waals surface area contributed by atoms with Gasteiger partial charge in [-0.3, -0.25) is 14.4 Å². The van der Waals surface area contributed by atoms with Crippen molar-refractivity contribution in [2.45, 2.75) is 39.2 Å². The average Bonchev–Trinajstić information content (AvgIpc) is 3.39. The molecule has 0 atom stereocenters. The van der Waals surface area contributed by atoms with E-state index in [1.54, 1.807) is 24.3 Å². The van der Waals surface area contributed by atoms with Crippen LogP contribution in [0.5, 0.6) is 5.75 Å². The summed E-state index contributed by atoms with van der Waals surface area (Å²) in [6.45, 7) is 5.01. The third-order valence-corrected chi connectivity index (χ3v) is 6.79. The fourth-order valence-corrected chi connectivity index (χ4v) is 4.83. The number of nitrogens with zero attached hydrogens (tertiary/aromatic N) is 6. The predicted octanol–water partition coefficient (Wildman–Crippen LogP) is 5.35. The molecule has 2 N–H and O–H groups in total. The molecule has 4 aromatic rings. The van der Waals surface area contributed by atoms with Crippen LogP contribution in [-0.2, 0) is 13.6 Å². The fraction of sp³-hybridized carbons (Fsp3) is 0.345. The van der Waals surface area contributed by atoms with E-state index < -0.39 is 0 Å². The topological polar surface area (TPSA) is 110 Å². The summed E-state index contributed by atoms with van der Waals surface area (Å²) in [5.41, 5.74) is 3.75. The van der Waals surface area contributed by atoms with Gasteiger partial charge in [-0.1, -0.05) is 19.4 Å². The maximum absolute atomic E-state index is 12.8. The molecule has 0 saturated carbocycles. The summed E-state index contributed by atoms with van der Waals surface area (Å²) in [6, 6.07) is 11.6. The van der Waals surface area contributed by atoms with Gasteiger partial charge in [0.25, 0.3) is 0 Å². The monoisotopic (exact) mass is 526 g/mol. The highest BCUT2D eigenvalue weighted by atomic mass is 16.5. The van der Waals surface area contributed by atoms with Crippen molar-refractivity contribution in [2.75, 3.05) is 30.8 Å². The van der Waals surface area contributed by atoms with E-state index in [0.717, 1.165) is 25.2 Å². The number of para-hydroxylation sites is 1. The maximum atomic E-state index is 12.8. The number of methoxy groups -OCH3 is 1. The Kier molecular flexibility index (Phi) is 8.12. The van der Waals surface area contributed by atoms with Gasteiger partial charge >= 0.3 is 0 Å². The lowest BCUT2D eigenvalue weighted by molar-refractivity contribution is 0.0988. The Morgan fingerprint density at radius 1 is 1.00 bits per heavy atom. The number of pyridine rings is 2. The zero-order valence-electron chi connectivity index (χ0n) is 22.6. The van der Waals surface area contributed by atoms with Crippen LogP contribution in [0.1, 0.15) is 48.5 Å². The van der Waals surface area contributed by atoms with Gasteiger partial charge in [0.15, 0.2) is 17.4 Å². The molecule has 0 bridgehead atoms. The van der Waals surface area contributed by atoms with E-state index in [1.165, 1.54) is 24.8 Å². The zero-order chi connectivity index (χ0) is 27.2. The molecule has 10 heteroatoms. The van der Waals surface area contributed by atoms with E-state index in [9.17, 15) is 4.79 Å². The largest absolute Gasteiger partial charge is 0.494 e. The lowest BCUT2D eigenvalue weighted by atomic mass is 10.1. The van der Waals surface area contributed by atoms with Crippen LogP contribution < -0.4 is 15.4 Å². The Morgan fingerprint density at radius 3 is 2.56 bits per heavy atom. The molecular weight excluding hydrogens is 492 g/mol. The Morgan fingerprint density at radius 2 is 1.82 bits per heavy atom. The van der Waals surface area contributed by atoms with Crippen LogP contribution >= 0.6 is 0 Å². The van der Waals surface area contributed by atoms with Crippen molar-refractivity contribution < 1.29 is 9.53 Å². The lowest BCUT2D eigenvalue weighted by Gasteiger charge is -2.26. The first-order valence-corrected chi connectivity index (χ1v) is 13.3. The number of ether oxygens (including phenoxy) is 1. The number of carbonyl (C=O) groups is 1. The van der Waals surface area contributed by atoms with Crippen molar-refractivity contribution >= 4 is 28.8 Å². The number of nitrogens with one attached hydrogen (secondary N) is 2. The number of aromatic nitrogens is 5. The summed E-state index contributed by atoms with van der Waals surface area (Å²) in [7, 11) is 3.42. The zero-order valence-corrected chi connectivity index (χ0v) is 22.6.